The average Bonchev–Trinajstić information content (AvgIpc) is 3.11. The summed E-state index contributed by atoms with van der Waals surface area (Å²) < 4.78 is 1.87. The van der Waals surface area contributed by atoms with E-state index in [4.69, 9.17) is 5.10 Å². The topological polar surface area (TPSA) is 84.2 Å². The lowest BCUT2D eigenvalue weighted by Gasteiger charge is -2.26. The van der Waals surface area contributed by atoms with E-state index in [2.05, 4.69) is 31.3 Å². The highest BCUT2D eigenvalue weighted by molar-refractivity contribution is 5.96. The molecule has 0 saturated heterocycles. The number of benzene rings is 2. The van der Waals surface area contributed by atoms with Gasteiger partial charge in [-0.15, -0.1) is 0 Å². The number of nitrogens with one attached hydrogen (secondary N) is 1. The average molecular weight is 432 g/mol. The van der Waals surface area contributed by atoms with Crippen LogP contribution in [0.3, 0.4) is 0 Å². The molecule has 32 heavy (non-hydrogen) atoms. The molecule has 0 unspecified atom stereocenters. The van der Waals surface area contributed by atoms with Crippen LogP contribution in [0.4, 0.5) is 0 Å². The number of nitrogens with zero attached hydrogens (tertiary/aromatic N) is 2. The lowest BCUT2D eigenvalue weighted by Crippen LogP contribution is -2.39. The summed E-state index contributed by atoms with van der Waals surface area (Å²) in [5.41, 5.74) is 6.33. The molecule has 6 heteroatoms. The van der Waals surface area contributed by atoms with Crippen molar-refractivity contribution in [3.8, 4) is 16.9 Å². The van der Waals surface area contributed by atoms with E-state index in [-0.39, 0.29) is 17.9 Å². The van der Waals surface area contributed by atoms with Crippen molar-refractivity contribution in [1.82, 2.24) is 15.1 Å². The van der Waals surface area contributed by atoms with Gasteiger partial charge in [-0.05, 0) is 58.1 Å². The predicted octanol–water partition coefficient (Wildman–Crippen LogP) is 4.84. The summed E-state index contributed by atoms with van der Waals surface area (Å²) in [5.74, 6) is -1.26. The molecule has 1 fully saturated rings. The number of aryl methyl sites for hydroxylation is 2. The lowest BCUT2D eigenvalue weighted by atomic mass is 9.86. The fraction of sp³-hybridized carbons (Fsp3) is 0.346. The van der Waals surface area contributed by atoms with E-state index < -0.39 is 5.97 Å². The van der Waals surface area contributed by atoms with Crippen LogP contribution in [-0.2, 0) is 4.79 Å². The second kappa shape index (κ2) is 8.99. The van der Waals surface area contributed by atoms with Gasteiger partial charge < -0.3 is 10.4 Å². The van der Waals surface area contributed by atoms with Crippen LogP contribution in [-0.4, -0.2) is 32.8 Å². The highest BCUT2D eigenvalue weighted by Gasteiger charge is 2.29. The van der Waals surface area contributed by atoms with E-state index in [1.807, 2.05) is 48.0 Å². The maximum Gasteiger partial charge on any atom is 0.306 e. The minimum atomic E-state index is -0.745. The molecule has 1 heterocycles. The molecule has 1 aliphatic rings. The summed E-state index contributed by atoms with van der Waals surface area (Å²) in [5, 5.41) is 17.1. The van der Waals surface area contributed by atoms with Crippen molar-refractivity contribution in [2.24, 2.45) is 5.92 Å². The monoisotopic (exact) mass is 431 g/mol. The normalized spacial score (nSPS) is 18.3. The molecule has 1 amide bonds. The number of carboxylic acid groups (broad SMARTS) is 1. The Morgan fingerprint density at radius 1 is 1.00 bits per heavy atom. The maximum absolute atomic E-state index is 13.2. The van der Waals surface area contributed by atoms with Gasteiger partial charge in [0.1, 0.15) is 0 Å². The molecule has 6 nitrogen and oxygen atoms in total. The van der Waals surface area contributed by atoms with Gasteiger partial charge >= 0.3 is 5.97 Å². The van der Waals surface area contributed by atoms with Crippen LogP contribution >= 0.6 is 0 Å². The molecule has 2 N–H and O–H groups in total. The summed E-state index contributed by atoms with van der Waals surface area (Å²) in [6.07, 6.45) is 2.52. The molecule has 1 aromatic heterocycles. The first-order valence-corrected chi connectivity index (χ1v) is 11.1. The van der Waals surface area contributed by atoms with Gasteiger partial charge in [-0.25, -0.2) is 4.68 Å². The minimum absolute atomic E-state index is 0.0241. The second-order valence-corrected chi connectivity index (χ2v) is 8.75. The Morgan fingerprint density at radius 2 is 1.69 bits per heavy atom. The van der Waals surface area contributed by atoms with E-state index in [0.717, 1.165) is 28.1 Å². The molecule has 0 spiro atoms. The number of aliphatic carboxylic acids is 1. The van der Waals surface area contributed by atoms with Gasteiger partial charge in [0.05, 0.1) is 17.3 Å². The molecule has 1 saturated carbocycles. The third-order valence-corrected chi connectivity index (χ3v) is 6.38. The zero-order valence-corrected chi connectivity index (χ0v) is 18.8. The zero-order valence-electron chi connectivity index (χ0n) is 18.8. The van der Waals surface area contributed by atoms with Crippen LogP contribution < -0.4 is 5.32 Å². The first-order valence-electron chi connectivity index (χ1n) is 11.1. The smallest absolute Gasteiger partial charge is 0.306 e. The standard InChI is InChI=1S/C26H29N3O3/c1-16-9-14-22(17(2)15-16)29-24(19-7-5-4-6-8-19)18(3)23(28-29)25(30)27-21-12-10-20(11-13-21)26(31)32/h4-9,14-15,20-21H,10-13H2,1-3H3,(H,27,30)(H,31,32). The number of aromatic nitrogens is 2. The van der Waals surface area contributed by atoms with Crippen LogP contribution in [0.2, 0.25) is 0 Å². The Bertz CT molecular complexity index is 1140. The zero-order chi connectivity index (χ0) is 22.8. The van der Waals surface area contributed by atoms with Crippen LogP contribution in [0, 0.1) is 26.7 Å². The molecule has 0 atom stereocenters. The van der Waals surface area contributed by atoms with Crippen molar-refractivity contribution in [3.05, 3.63) is 70.9 Å². The Balaban J connectivity index is 1.68. The van der Waals surface area contributed by atoms with Crippen molar-refractivity contribution >= 4 is 11.9 Å². The Morgan fingerprint density at radius 3 is 2.31 bits per heavy atom. The summed E-state index contributed by atoms with van der Waals surface area (Å²) in [7, 11) is 0. The number of amides is 1. The van der Waals surface area contributed by atoms with Gasteiger partial charge in [-0.1, -0.05) is 48.0 Å². The van der Waals surface area contributed by atoms with Gasteiger partial charge in [0.15, 0.2) is 5.69 Å². The molecular weight excluding hydrogens is 402 g/mol. The molecular formula is C26H29N3O3. The molecule has 0 aliphatic heterocycles. The maximum atomic E-state index is 13.2. The predicted molar refractivity (Wildman–Crippen MR) is 124 cm³/mol. The molecule has 3 aromatic rings. The van der Waals surface area contributed by atoms with Crippen molar-refractivity contribution in [1.29, 1.82) is 0 Å². The summed E-state index contributed by atoms with van der Waals surface area (Å²) in [4.78, 5) is 24.4. The summed E-state index contributed by atoms with van der Waals surface area (Å²) in [6, 6.07) is 16.2. The highest BCUT2D eigenvalue weighted by atomic mass is 16.4. The molecule has 166 valence electrons. The van der Waals surface area contributed by atoms with Gasteiger partial charge in [-0.2, -0.15) is 5.10 Å². The number of hydrogen-bond donors (Lipinski definition) is 2. The number of carbonyl (C=O) groups is 2. The molecule has 2 aromatic carbocycles. The van der Waals surface area contributed by atoms with Crippen LogP contribution in [0.25, 0.3) is 16.9 Å². The third kappa shape index (κ3) is 4.31. The summed E-state index contributed by atoms with van der Waals surface area (Å²) >= 11 is 0. The number of carbonyl (C=O) groups excluding carboxylic acids is 1. The van der Waals surface area contributed by atoms with Gasteiger partial charge in [0.2, 0.25) is 0 Å². The van der Waals surface area contributed by atoms with Crippen molar-refractivity contribution in [2.75, 3.05) is 0 Å². The van der Waals surface area contributed by atoms with Crippen molar-refractivity contribution in [2.45, 2.75) is 52.5 Å². The Labute approximate surface area is 188 Å². The molecule has 1 aliphatic carbocycles. The Kier molecular flexibility index (Phi) is 6.12. The van der Waals surface area contributed by atoms with Gasteiger partial charge in [0.25, 0.3) is 5.91 Å². The van der Waals surface area contributed by atoms with E-state index in [1.165, 1.54) is 5.56 Å². The Hall–Kier alpha value is -3.41. The quantitative estimate of drug-likeness (QED) is 0.606. The molecule has 0 radical (unpaired) electrons. The second-order valence-electron chi connectivity index (χ2n) is 8.75. The van der Waals surface area contributed by atoms with E-state index in [0.29, 0.717) is 31.4 Å². The number of hydrogen-bond acceptors (Lipinski definition) is 3. The minimum Gasteiger partial charge on any atom is -0.481 e. The van der Waals surface area contributed by atoms with Crippen molar-refractivity contribution in [3.63, 3.8) is 0 Å². The largest absolute Gasteiger partial charge is 0.481 e. The first kappa shape index (κ1) is 21.8. The first-order chi connectivity index (χ1) is 15.3. The molecule has 4 rings (SSSR count). The van der Waals surface area contributed by atoms with E-state index in [9.17, 15) is 14.7 Å². The number of rotatable bonds is 5. The van der Waals surface area contributed by atoms with Crippen LogP contribution in [0.1, 0.15) is 52.9 Å². The third-order valence-electron chi connectivity index (χ3n) is 6.38. The van der Waals surface area contributed by atoms with E-state index in [1.54, 1.807) is 0 Å². The van der Waals surface area contributed by atoms with Gasteiger partial charge in [-0.3, -0.25) is 9.59 Å². The summed E-state index contributed by atoms with van der Waals surface area (Å²) in [6.45, 7) is 6.04. The SMILES string of the molecule is Cc1ccc(-n2nc(C(=O)NC3CCC(C(=O)O)CC3)c(C)c2-c2ccccc2)c(C)c1. The number of carboxylic acids is 1. The molecule has 0 bridgehead atoms. The fourth-order valence-electron chi connectivity index (χ4n) is 4.60. The van der Waals surface area contributed by atoms with Crippen molar-refractivity contribution < 1.29 is 14.7 Å². The highest BCUT2D eigenvalue weighted by Crippen LogP contribution is 2.31. The fourth-order valence-corrected chi connectivity index (χ4v) is 4.60. The lowest BCUT2D eigenvalue weighted by molar-refractivity contribution is -0.142. The van der Waals surface area contributed by atoms with Crippen LogP contribution in [0.15, 0.2) is 48.5 Å². The van der Waals surface area contributed by atoms with Gasteiger partial charge in [0, 0.05) is 17.2 Å². The van der Waals surface area contributed by atoms with E-state index >= 15 is 0 Å². The van der Waals surface area contributed by atoms with Crippen LogP contribution in [0.5, 0.6) is 0 Å².